The minimum Gasteiger partial charge on any atom is -0.463 e. The van der Waals surface area contributed by atoms with Crippen LogP contribution in [0.2, 0.25) is 0 Å². The maximum absolute atomic E-state index is 15.2. The molecule has 0 saturated carbocycles. The molecule has 0 heterocycles. The monoisotopic (exact) mass is 310 g/mol. The molecule has 0 bridgehead atoms. The first kappa shape index (κ1) is 18.1. The Kier molecular flexibility index (Phi) is 5.69. The molecule has 122 valence electrons. The molecule has 22 heavy (non-hydrogen) atoms. The summed E-state index contributed by atoms with van der Waals surface area (Å²) >= 11 is 0. The van der Waals surface area contributed by atoms with Crippen molar-refractivity contribution in [2.75, 3.05) is 13.2 Å². The van der Waals surface area contributed by atoms with Crippen molar-refractivity contribution in [3.63, 3.8) is 0 Å². The summed E-state index contributed by atoms with van der Waals surface area (Å²) < 4.78 is 24.6. The molecule has 1 rings (SSSR count). The van der Waals surface area contributed by atoms with Crippen molar-refractivity contribution >= 4 is 11.9 Å². The molecule has 0 N–H and O–H groups in total. The van der Waals surface area contributed by atoms with Crippen molar-refractivity contribution in [2.45, 2.75) is 45.7 Å². The second-order valence-corrected chi connectivity index (χ2v) is 5.93. The van der Waals surface area contributed by atoms with Gasteiger partial charge < -0.3 is 9.47 Å². The van der Waals surface area contributed by atoms with Gasteiger partial charge in [-0.1, -0.05) is 45.0 Å². The van der Waals surface area contributed by atoms with Gasteiger partial charge >= 0.3 is 17.6 Å². The third-order valence-corrected chi connectivity index (χ3v) is 3.26. The second-order valence-electron chi connectivity index (χ2n) is 5.93. The van der Waals surface area contributed by atoms with Crippen LogP contribution in [0.4, 0.5) is 4.39 Å². The first-order valence-corrected chi connectivity index (χ1v) is 7.32. The van der Waals surface area contributed by atoms with E-state index in [9.17, 15) is 9.59 Å². The molecule has 0 radical (unpaired) electrons. The molecular weight excluding hydrogens is 287 g/mol. The van der Waals surface area contributed by atoms with Crippen LogP contribution < -0.4 is 0 Å². The van der Waals surface area contributed by atoms with E-state index in [-0.39, 0.29) is 24.2 Å². The minimum atomic E-state index is -2.94. The zero-order valence-electron chi connectivity index (χ0n) is 13.7. The molecule has 0 aliphatic carbocycles. The van der Waals surface area contributed by atoms with Gasteiger partial charge in [0.2, 0.25) is 0 Å². The number of benzene rings is 1. The minimum absolute atomic E-state index is 0.0238. The van der Waals surface area contributed by atoms with Crippen molar-refractivity contribution in [1.29, 1.82) is 0 Å². The fraction of sp³-hybridized carbons (Fsp3) is 0.529. The Morgan fingerprint density at radius 2 is 1.27 bits per heavy atom. The van der Waals surface area contributed by atoms with Gasteiger partial charge in [0, 0.05) is 5.56 Å². The first-order chi connectivity index (χ1) is 10.2. The topological polar surface area (TPSA) is 52.6 Å². The van der Waals surface area contributed by atoms with Crippen LogP contribution in [0.1, 0.15) is 45.7 Å². The maximum Gasteiger partial charge on any atom is 0.360 e. The average Bonchev–Trinajstić information content (AvgIpc) is 2.46. The molecule has 0 unspecified atom stereocenters. The van der Waals surface area contributed by atoms with Gasteiger partial charge in [-0.25, -0.2) is 14.0 Å². The summed E-state index contributed by atoms with van der Waals surface area (Å²) in [6.07, 6.45) is 0. The number of hydrogen-bond acceptors (Lipinski definition) is 4. The largest absolute Gasteiger partial charge is 0.463 e. The van der Waals surface area contributed by atoms with E-state index in [2.05, 4.69) is 0 Å². The zero-order valence-corrected chi connectivity index (χ0v) is 13.7. The fourth-order valence-corrected chi connectivity index (χ4v) is 1.98. The Hall–Kier alpha value is -1.91. The van der Waals surface area contributed by atoms with Gasteiger partial charge in [-0.05, 0) is 24.8 Å². The average molecular weight is 310 g/mol. The van der Waals surface area contributed by atoms with Crippen molar-refractivity contribution in [3.05, 3.63) is 35.4 Å². The lowest BCUT2D eigenvalue weighted by atomic mass is 9.85. The van der Waals surface area contributed by atoms with Gasteiger partial charge in [-0.15, -0.1) is 0 Å². The van der Waals surface area contributed by atoms with E-state index in [0.717, 1.165) is 5.56 Å². The van der Waals surface area contributed by atoms with Crippen LogP contribution in [0.15, 0.2) is 24.3 Å². The van der Waals surface area contributed by atoms with Crippen LogP contribution in [-0.4, -0.2) is 25.2 Å². The molecule has 0 aliphatic rings. The Balaban J connectivity index is 3.27. The number of hydrogen-bond donors (Lipinski definition) is 0. The molecule has 0 saturated heterocycles. The number of carbonyl (C=O) groups excluding carboxylic acids is 2. The van der Waals surface area contributed by atoms with Gasteiger partial charge in [-0.2, -0.15) is 0 Å². The van der Waals surface area contributed by atoms with Crippen LogP contribution in [0.25, 0.3) is 0 Å². The normalized spacial score (nSPS) is 11.9. The number of carbonyl (C=O) groups is 2. The summed E-state index contributed by atoms with van der Waals surface area (Å²) in [6.45, 7) is 9.09. The van der Waals surface area contributed by atoms with Gasteiger partial charge in [0.25, 0.3) is 0 Å². The summed E-state index contributed by atoms with van der Waals surface area (Å²) in [7, 11) is 0. The molecule has 0 fully saturated rings. The van der Waals surface area contributed by atoms with E-state index in [1.165, 1.54) is 12.1 Å². The predicted octanol–water partition coefficient (Wildman–Crippen LogP) is 3.28. The highest BCUT2D eigenvalue weighted by molar-refractivity contribution is 6.04. The lowest BCUT2D eigenvalue weighted by Gasteiger charge is -2.23. The molecule has 1 aromatic carbocycles. The standard InChI is InChI=1S/C17H23FO4/c1-6-21-14(19)17(18,15(20)22-7-2)13-10-8-12(9-11-13)16(3,4)5/h8-11H,6-7H2,1-5H3. The van der Waals surface area contributed by atoms with Gasteiger partial charge in [0.15, 0.2) is 0 Å². The number of rotatable bonds is 5. The van der Waals surface area contributed by atoms with E-state index in [0.29, 0.717) is 0 Å². The summed E-state index contributed by atoms with van der Waals surface area (Å²) in [5, 5.41) is 0. The molecular formula is C17H23FO4. The second kappa shape index (κ2) is 6.90. The molecule has 1 aromatic rings. The third kappa shape index (κ3) is 3.64. The SMILES string of the molecule is CCOC(=O)C(F)(C(=O)OCC)c1ccc(C(C)(C)C)cc1. The van der Waals surface area contributed by atoms with Gasteiger partial charge in [-0.3, -0.25) is 0 Å². The fourth-order valence-electron chi connectivity index (χ4n) is 1.98. The van der Waals surface area contributed by atoms with E-state index >= 15 is 4.39 Å². The van der Waals surface area contributed by atoms with Crippen molar-refractivity contribution in [2.24, 2.45) is 0 Å². The molecule has 0 spiro atoms. The van der Waals surface area contributed by atoms with E-state index in [4.69, 9.17) is 9.47 Å². The molecule has 0 aromatic heterocycles. The highest BCUT2D eigenvalue weighted by atomic mass is 19.1. The molecule has 0 atom stereocenters. The maximum atomic E-state index is 15.2. The van der Waals surface area contributed by atoms with Crippen molar-refractivity contribution < 1.29 is 23.5 Å². The lowest BCUT2D eigenvalue weighted by Crippen LogP contribution is -2.42. The Labute approximate surface area is 130 Å². The summed E-state index contributed by atoms with van der Waals surface area (Å²) in [4.78, 5) is 23.9. The quantitative estimate of drug-likeness (QED) is 0.618. The summed E-state index contributed by atoms with van der Waals surface area (Å²) in [5.41, 5.74) is -2.18. The van der Waals surface area contributed by atoms with E-state index < -0.39 is 17.6 Å². The number of ether oxygens (including phenoxy) is 2. The predicted molar refractivity (Wildman–Crippen MR) is 81.2 cm³/mol. The molecule has 4 nitrogen and oxygen atoms in total. The smallest absolute Gasteiger partial charge is 0.360 e. The van der Waals surface area contributed by atoms with Gasteiger partial charge in [0.1, 0.15) is 0 Å². The Bertz CT molecular complexity index is 511. The van der Waals surface area contributed by atoms with Crippen LogP contribution in [0.3, 0.4) is 0 Å². The third-order valence-electron chi connectivity index (χ3n) is 3.26. The summed E-state index contributed by atoms with van der Waals surface area (Å²) in [6, 6.07) is 6.24. The van der Waals surface area contributed by atoms with Crippen LogP contribution >= 0.6 is 0 Å². The highest BCUT2D eigenvalue weighted by Crippen LogP contribution is 2.32. The van der Waals surface area contributed by atoms with Crippen LogP contribution in [-0.2, 0) is 30.1 Å². The van der Waals surface area contributed by atoms with Crippen molar-refractivity contribution in [1.82, 2.24) is 0 Å². The van der Waals surface area contributed by atoms with Crippen LogP contribution in [0.5, 0.6) is 0 Å². The van der Waals surface area contributed by atoms with E-state index in [1.807, 2.05) is 20.8 Å². The molecule has 0 aliphatic heterocycles. The van der Waals surface area contributed by atoms with Crippen LogP contribution in [0, 0.1) is 0 Å². The Morgan fingerprint density at radius 1 is 0.909 bits per heavy atom. The lowest BCUT2D eigenvalue weighted by molar-refractivity contribution is -0.175. The number of esters is 2. The Morgan fingerprint density at radius 3 is 1.59 bits per heavy atom. The van der Waals surface area contributed by atoms with E-state index in [1.54, 1.807) is 26.0 Å². The number of alkyl halides is 1. The van der Waals surface area contributed by atoms with Crippen molar-refractivity contribution in [3.8, 4) is 0 Å². The number of halogens is 1. The van der Waals surface area contributed by atoms with Gasteiger partial charge in [0.05, 0.1) is 13.2 Å². The molecule has 0 amide bonds. The summed E-state index contributed by atoms with van der Waals surface area (Å²) in [5.74, 6) is -2.51. The highest BCUT2D eigenvalue weighted by Gasteiger charge is 2.51. The first-order valence-electron chi connectivity index (χ1n) is 7.32. The zero-order chi connectivity index (χ0) is 17.0. The molecule has 5 heteroatoms.